The molecule has 0 spiro atoms. The predicted molar refractivity (Wildman–Crippen MR) is 81.4 cm³/mol. The van der Waals surface area contributed by atoms with Gasteiger partial charge in [0.2, 0.25) is 0 Å². The van der Waals surface area contributed by atoms with E-state index in [9.17, 15) is 21.6 Å². The van der Waals surface area contributed by atoms with Crippen LogP contribution in [0.3, 0.4) is 0 Å². The van der Waals surface area contributed by atoms with Crippen molar-refractivity contribution in [2.45, 2.75) is 11.8 Å². The third-order valence-electron chi connectivity index (χ3n) is 3.26. The molecule has 0 aliphatic rings. The Morgan fingerprint density at radius 1 is 0.958 bits per heavy atom. The molecule has 9 heteroatoms. The zero-order valence-electron chi connectivity index (χ0n) is 13.0. The molecule has 24 heavy (non-hydrogen) atoms. The number of rotatable bonds is 5. The summed E-state index contributed by atoms with van der Waals surface area (Å²) < 4.78 is 76.8. The SMILES string of the molecule is COc1cc(C)c(NS(=O)(=O)c2ccc(F)c(F)c2F)cc1OC. The van der Waals surface area contributed by atoms with Gasteiger partial charge in [0.15, 0.2) is 29.0 Å². The van der Waals surface area contributed by atoms with Crippen LogP contribution in [-0.4, -0.2) is 22.6 Å². The van der Waals surface area contributed by atoms with Crippen molar-refractivity contribution in [2.75, 3.05) is 18.9 Å². The van der Waals surface area contributed by atoms with E-state index in [4.69, 9.17) is 9.47 Å². The summed E-state index contributed by atoms with van der Waals surface area (Å²) in [6.07, 6.45) is 0. The number of methoxy groups -OCH3 is 2. The summed E-state index contributed by atoms with van der Waals surface area (Å²) in [4.78, 5) is -1.00. The fourth-order valence-electron chi connectivity index (χ4n) is 2.01. The molecule has 2 aromatic carbocycles. The van der Waals surface area contributed by atoms with Gasteiger partial charge in [0.1, 0.15) is 4.90 Å². The average Bonchev–Trinajstić information content (AvgIpc) is 2.53. The summed E-state index contributed by atoms with van der Waals surface area (Å²) in [7, 11) is -1.70. The molecule has 0 aromatic heterocycles. The van der Waals surface area contributed by atoms with Gasteiger partial charge in [0, 0.05) is 6.07 Å². The first kappa shape index (κ1) is 17.9. The van der Waals surface area contributed by atoms with E-state index in [-0.39, 0.29) is 11.4 Å². The first-order chi connectivity index (χ1) is 11.2. The second kappa shape index (κ2) is 6.60. The first-order valence-electron chi connectivity index (χ1n) is 6.60. The summed E-state index contributed by atoms with van der Waals surface area (Å²) >= 11 is 0. The Morgan fingerprint density at radius 2 is 1.54 bits per heavy atom. The highest BCUT2D eigenvalue weighted by molar-refractivity contribution is 7.92. The third-order valence-corrected chi connectivity index (χ3v) is 4.65. The van der Waals surface area contributed by atoms with Gasteiger partial charge in [-0.25, -0.2) is 21.6 Å². The minimum atomic E-state index is -4.48. The number of sulfonamides is 1. The van der Waals surface area contributed by atoms with E-state index in [1.807, 2.05) is 0 Å². The smallest absolute Gasteiger partial charge is 0.264 e. The second-order valence-corrected chi connectivity index (χ2v) is 6.45. The van der Waals surface area contributed by atoms with Gasteiger partial charge in [-0.3, -0.25) is 4.72 Å². The highest BCUT2D eigenvalue weighted by atomic mass is 32.2. The summed E-state index contributed by atoms with van der Waals surface area (Å²) in [5.74, 6) is -4.51. The normalized spacial score (nSPS) is 11.2. The van der Waals surface area contributed by atoms with Crippen LogP contribution in [0.15, 0.2) is 29.2 Å². The van der Waals surface area contributed by atoms with Gasteiger partial charge in [-0.2, -0.15) is 0 Å². The lowest BCUT2D eigenvalue weighted by Gasteiger charge is -2.15. The first-order valence-corrected chi connectivity index (χ1v) is 8.08. The standard InChI is InChI=1S/C15H14F3NO4S/c1-8-6-11(22-2)12(23-3)7-10(8)19-24(20,21)13-5-4-9(16)14(17)15(13)18/h4-7,19H,1-3H3. The number of hydrogen-bond acceptors (Lipinski definition) is 4. The molecule has 0 aliphatic carbocycles. The van der Waals surface area contributed by atoms with Crippen LogP contribution in [0, 0.1) is 24.4 Å². The van der Waals surface area contributed by atoms with E-state index in [1.54, 1.807) is 6.92 Å². The molecule has 0 amide bonds. The maximum atomic E-state index is 13.7. The molecule has 2 rings (SSSR count). The molecule has 130 valence electrons. The van der Waals surface area contributed by atoms with Gasteiger partial charge >= 0.3 is 0 Å². The van der Waals surface area contributed by atoms with Crippen LogP contribution in [0.25, 0.3) is 0 Å². The quantitative estimate of drug-likeness (QED) is 0.831. The predicted octanol–water partition coefficient (Wildman–Crippen LogP) is 3.23. The maximum absolute atomic E-state index is 13.7. The van der Waals surface area contributed by atoms with E-state index in [0.717, 1.165) is 0 Å². The van der Waals surface area contributed by atoms with Crippen LogP contribution in [-0.2, 0) is 10.0 Å². The molecule has 0 saturated carbocycles. The molecule has 5 nitrogen and oxygen atoms in total. The Morgan fingerprint density at radius 3 is 2.12 bits per heavy atom. The number of anilines is 1. The van der Waals surface area contributed by atoms with E-state index in [0.29, 0.717) is 23.4 Å². The van der Waals surface area contributed by atoms with E-state index in [1.165, 1.54) is 26.4 Å². The van der Waals surface area contributed by atoms with Crippen LogP contribution in [0.1, 0.15) is 5.56 Å². The second-order valence-electron chi connectivity index (χ2n) is 4.80. The average molecular weight is 361 g/mol. The van der Waals surface area contributed by atoms with Crippen molar-refractivity contribution in [3.8, 4) is 11.5 Å². The molecule has 2 aromatic rings. The number of ether oxygens (including phenoxy) is 2. The molecule has 0 bridgehead atoms. The minimum Gasteiger partial charge on any atom is -0.493 e. The molecular formula is C15H14F3NO4S. The summed E-state index contributed by atoms with van der Waals surface area (Å²) in [6, 6.07) is 4.03. The fourth-order valence-corrected chi connectivity index (χ4v) is 3.20. The van der Waals surface area contributed by atoms with E-state index >= 15 is 0 Å². The fraction of sp³-hybridized carbons (Fsp3) is 0.200. The van der Waals surface area contributed by atoms with Crippen LogP contribution in [0.5, 0.6) is 11.5 Å². The van der Waals surface area contributed by atoms with Crippen molar-refractivity contribution in [3.05, 3.63) is 47.3 Å². The molecule has 0 saturated heterocycles. The number of hydrogen-bond donors (Lipinski definition) is 1. The monoisotopic (exact) mass is 361 g/mol. The van der Waals surface area contributed by atoms with Gasteiger partial charge in [0.25, 0.3) is 10.0 Å². The molecule has 0 heterocycles. The minimum absolute atomic E-state index is 0.0804. The van der Waals surface area contributed by atoms with E-state index in [2.05, 4.69) is 4.72 Å². The van der Waals surface area contributed by atoms with Gasteiger partial charge < -0.3 is 9.47 Å². The number of halogens is 3. The Labute approximate surface area is 137 Å². The van der Waals surface area contributed by atoms with Crippen molar-refractivity contribution in [3.63, 3.8) is 0 Å². The van der Waals surface area contributed by atoms with Crippen molar-refractivity contribution in [1.82, 2.24) is 0 Å². The van der Waals surface area contributed by atoms with E-state index < -0.39 is 32.4 Å². The lowest BCUT2D eigenvalue weighted by Crippen LogP contribution is -2.16. The number of benzene rings is 2. The largest absolute Gasteiger partial charge is 0.493 e. The highest BCUT2D eigenvalue weighted by Gasteiger charge is 2.25. The topological polar surface area (TPSA) is 64.6 Å². The van der Waals surface area contributed by atoms with Crippen molar-refractivity contribution in [1.29, 1.82) is 0 Å². The number of nitrogens with one attached hydrogen (secondary N) is 1. The van der Waals surface area contributed by atoms with Gasteiger partial charge in [-0.05, 0) is 30.7 Å². The lowest BCUT2D eigenvalue weighted by atomic mass is 10.2. The van der Waals surface area contributed by atoms with Crippen LogP contribution in [0.2, 0.25) is 0 Å². The maximum Gasteiger partial charge on any atom is 0.264 e. The molecule has 0 unspecified atom stereocenters. The Bertz CT molecular complexity index is 885. The zero-order valence-corrected chi connectivity index (χ0v) is 13.8. The van der Waals surface area contributed by atoms with Crippen LogP contribution < -0.4 is 14.2 Å². The summed E-state index contributed by atoms with van der Waals surface area (Å²) in [6.45, 7) is 1.58. The summed E-state index contributed by atoms with van der Waals surface area (Å²) in [5.41, 5.74) is 0.538. The van der Waals surface area contributed by atoms with Crippen LogP contribution in [0.4, 0.5) is 18.9 Å². The molecule has 0 fully saturated rings. The number of aryl methyl sites for hydroxylation is 1. The molecule has 0 aliphatic heterocycles. The lowest BCUT2D eigenvalue weighted by molar-refractivity contribution is 0.355. The Balaban J connectivity index is 2.49. The molecule has 1 N–H and O–H groups in total. The van der Waals surface area contributed by atoms with Gasteiger partial charge in [-0.15, -0.1) is 0 Å². The molecule has 0 atom stereocenters. The highest BCUT2D eigenvalue weighted by Crippen LogP contribution is 2.34. The van der Waals surface area contributed by atoms with Crippen molar-refractivity contribution >= 4 is 15.7 Å². The Hall–Kier alpha value is -2.42. The molecular weight excluding hydrogens is 347 g/mol. The van der Waals surface area contributed by atoms with Crippen molar-refractivity contribution < 1.29 is 31.1 Å². The van der Waals surface area contributed by atoms with Crippen LogP contribution >= 0.6 is 0 Å². The molecule has 0 radical (unpaired) electrons. The zero-order chi connectivity index (χ0) is 18.1. The van der Waals surface area contributed by atoms with Gasteiger partial charge in [0.05, 0.1) is 19.9 Å². The van der Waals surface area contributed by atoms with Crippen molar-refractivity contribution in [2.24, 2.45) is 0 Å². The van der Waals surface area contributed by atoms with Gasteiger partial charge in [-0.1, -0.05) is 0 Å². The third kappa shape index (κ3) is 3.25. The summed E-state index contributed by atoms with van der Waals surface area (Å²) in [5, 5.41) is 0. The Kier molecular flexibility index (Phi) is 4.93.